The molecule has 1 aliphatic heterocycles. The maximum Gasteiger partial charge on any atom is 0.267 e. The summed E-state index contributed by atoms with van der Waals surface area (Å²) in [6, 6.07) is 12.3. The van der Waals surface area contributed by atoms with Crippen molar-refractivity contribution in [3.05, 3.63) is 64.6 Å². The van der Waals surface area contributed by atoms with Crippen LogP contribution >= 0.6 is 24.0 Å². The number of hydrogen-bond donors (Lipinski definition) is 0. The molecule has 0 spiro atoms. The number of hydrogen-bond acceptors (Lipinski definition) is 7. The summed E-state index contributed by atoms with van der Waals surface area (Å²) in [6.07, 6.45) is 1.61. The van der Waals surface area contributed by atoms with Crippen molar-refractivity contribution in [2.24, 2.45) is 0 Å². The van der Waals surface area contributed by atoms with E-state index in [-0.39, 0.29) is 4.32 Å². The number of aliphatic carboxylic acids is 1. The molecule has 0 saturated carbocycles. The number of ether oxygens (including phenoxy) is 2. The molecule has 0 radical (unpaired) electrons. The third kappa shape index (κ3) is 3.88. The molecule has 2 aromatic carbocycles. The zero-order chi connectivity index (χ0) is 20.3. The van der Waals surface area contributed by atoms with E-state index >= 15 is 0 Å². The highest BCUT2D eigenvalue weighted by Gasteiger charge is 2.38. The number of carbonyl (C=O) groups excluding carboxylic acids is 2. The van der Waals surface area contributed by atoms with Gasteiger partial charge in [0.05, 0.1) is 25.1 Å². The van der Waals surface area contributed by atoms with Gasteiger partial charge in [0.15, 0.2) is 0 Å². The minimum absolute atomic E-state index is 0.149. The fourth-order valence-electron chi connectivity index (χ4n) is 2.82. The number of thiocarbonyl (C=S) groups is 1. The largest absolute Gasteiger partial charge is 0.547 e. The fourth-order valence-corrected chi connectivity index (χ4v) is 4.13. The van der Waals surface area contributed by atoms with Crippen molar-refractivity contribution in [1.82, 2.24) is 4.90 Å². The highest BCUT2D eigenvalue weighted by molar-refractivity contribution is 8.26. The number of nitrogens with zero attached hydrogens (tertiary/aromatic N) is 1. The van der Waals surface area contributed by atoms with Crippen LogP contribution in [0.3, 0.4) is 0 Å². The standard InChI is InChI=1S/C20H17NO5S2/c1-25-14-8-9-15(26-2)13(10-14)11-16-18(22)21(20(27)28-16)17(19(23)24)12-6-4-3-5-7-12/h3-11,17H,1-2H3,(H,23,24)/p-1/b16-11-/t17-/m0/s1. The summed E-state index contributed by atoms with van der Waals surface area (Å²) in [7, 11) is 3.06. The van der Waals surface area contributed by atoms with Crippen molar-refractivity contribution < 1.29 is 24.2 Å². The van der Waals surface area contributed by atoms with Gasteiger partial charge in [-0.3, -0.25) is 9.69 Å². The Hall–Kier alpha value is -2.84. The van der Waals surface area contributed by atoms with Gasteiger partial charge in [-0.05, 0) is 29.8 Å². The van der Waals surface area contributed by atoms with E-state index in [2.05, 4.69) is 0 Å². The van der Waals surface area contributed by atoms with Crippen LogP contribution in [0.5, 0.6) is 11.5 Å². The van der Waals surface area contributed by atoms with E-state index in [0.29, 0.717) is 27.5 Å². The van der Waals surface area contributed by atoms with Crippen LogP contribution in [0.1, 0.15) is 17.2 Å². The van der Waals surface area contributed by atoms with E-state index in [1.165, 1.54) is 14.2 Å². The van der Waals surface area contributed by atoms with Crippen LogP contribution in [-0.4, -0.2) is 35.3 Å². The molecule has 28 heavy (non-hydrogen) atoms. The van der Waals surface area contributed by atoms with Crippen molar-refractivity contribution in [1.29, 1.82) is 0 Å². The monoisotopic (exact) mass is 414 g/mol. The Balaban J connectivity index is 2.00. The van der Waals surface area contributed by atoms with E-state index in [9.17, 15) is 14.7 Å². The zero-order valence-corrected chi connectivity index (χ0v) is 16.7. The maximum absolute atomic E-state index is 13.0. The number of thioether (sulfide) groups is 1. The second-order valence-electron chi connectivity index (χ2n) is 5.79. The summed E-state index contributed by atoms with van der Waals surface area (Å²) in [5.41, 5.74) is 1.03. The first-order valence-electron chi connectivity index (χ1n) is 8.21. The Morgan fingerprint density at radius 1 is 1.18 bits per heavy atom. The first-order valence-corrected chi connectivity index (χ1v) is 9.43. The summed E-state index contributed by atoms with van der Waals surface area (Å²) in [4.78, 5) is 26.1. The maximum atomic E-state index is 13.0. The molecule has 1 saturated heterocycles. The smallest absolute Gasteiger partial charge is 0.267 e. The molecule has 0 aromatic heterocycles. The van der Waals surface area contributed by atoms with Gasteiger partial charge in [0.25, 0.3) is 5.91 Å². The summed E-state index contributed by atoms with van der Waals surface area (Å²) < 4.78 is 10.7. The molecule has 1 heterocycles. The summed E-state index contributed by atoms with van der Waals surface area (Å²) in [6.45, 7) is 0. The topological polar surface area (TPSA) is 78.9 Å². The minimum Gasteiger partial charge on any atom is -0.547 e. The van der Waals surface area contributed by atoms with Gasteiger partial charge < -0.3 is 19.4 Å². The second-order valence-corrected chi connectivity index (χ2v) is 7.47. The van der Waals surface area contributed by atoms with Crippen LogP contribution in [0.25, 0.3) is 6.08 Å². The van der Waals surface area contributed by atoms with Crippen LogP contribution in [-0.2, 0) is 9.59 Å². The zero-order valence-electron chi connectivity index (χ0n) is 15.1. The molecule has 8 heteroatoms. The first kappa shape index (κ1) is 19.9. The van der Waals surface area contributed by atoms with Crippen molar-refractivity contribution in [2.75, 3.05) is 14.2 Å². The lowest BCUT2D eigenvalue weighted by molar-refractivity contribution is -0.310. The molecule has 0 aliphatic carbocycles. The van der Waals surface area contributed by atoms with Crippen molar-refractivity contribution in [3.8, 4) is 11.5 Å². The predicted octanol–water partition coefficient (Wildman–Crippen LogP) is 2.40. The van der Waals surface area contributed by atoms with Crippen LogP contribution in [0.4, 0.5) is 0 Å². The third-order valence-corrected chi connectivity index (χ3v) is 5.47. The lowest BCUT2D eigenvalue weighted by Crippen LogP contribution is -2.43. The average Bonchev–Trinajstić information content (AvgIpc) is 2.96. The van der Waals surface area contributed by atoms with E-state index in [1.54, 1.807) is 54.6 Å². The Morgan fingerprint density at radius 3 is 2.50 bits per heavy atom. The van der Waals surface area contributed by atoms with Gasteiger partial charge in [-0.15, -0.1) is 0 Å². The molecular weight excluding hydrogens is 398 g/mol. The number of carboxylic acid groups (broad SMARTS) is 1. The third-order valence-electron chi connectivity index (χ3n) is 4.14. The van der Waals surface area contributed by atoms with E-state index in [4.69, 9.17) is 21.7 Å². The highest BCUT2D eigenvalue weighted by Crippen LogP contribution is 2.39. The van der Waals surface area contributed by atoms with Gasteiger partial charge in [-0.1, -0.05) is 54.3 Å². The molecule has 1 atom stereocenters. The number of methoxy groups -OCH3 is 2. The molecule has 1 aliphatic rings. The second kappa shape index (κ2) is 8.45. The molecule has 0 bridgehead atoms. The van der Waals surface area contributed by atoms with E-state index in [1.807, 2.05) is 0 Å². The molecule has 1 amide bonds. The predicted molar refractivity (Wildman–Crippen MR) is 109 cm³/mol. The molecule has 6 nitrogen and oxygen atoms in total. The van der Waals surface area contributed by atoms with E-state index < -0.39 is 17.9 Å². The van der Waals surface area contributed by atoms with Gasteiger partial charge >= 0.3 is 0 Å². The lowest BCUT2D eigenvalue weighted by Gasteiger charge is -2.27. The van der Waals surface area contributed by atoms with Gasteiger partial charge in [-0.2, -0.15) is 0 Å². The average molecular weight is 414 g/mol. The van der Waals surface area contributed by atoms with Crippen molar-refractivity contribution in [2.45, 2.75) is 6.04 Å². The molecule has 0 unspecified atom stereocenters. The molecule has 144 valence electrons. The number of carboxylic acids is 1. The minimum atomic E-state index is -1.40. The summed E-state index contributed by atoms with van der Waals surface area (Å²) in [5.74, 6) is -0.759. The highest BCUT2D eigenvalue weighted by atomic mass is 32.2. The lowest BCUT2D eigenvalue weighted by atomic mass is 10.1. The normalized spacial score (nSPS) is 16.4. The molecule has 0 N–H and O–H groups in total. The Labute approximate surface area is 171 Å². The van der Waals surface area contributed by atoms with Gasteiger partial charge in [0, 0.05) is 5.56 Å². The first-order chi connectivity index (χ1) is 13.5. The fraction of sp³-hybridized carbons (Fsp3) is 0.150. The van der Waals surface area contributed by atoms with E-state index in [0.717, 1.165) is 16.7 Å². The molecule has 3 rings (SSSR count). The van der Waals surface area contributed by atoms with Crippen LogP contribution < -0.4 is 14.6 Å². The number of amides is 1. The SMILES string of the molecule is COc1ccc(OC)c(/C=C2\SC(=S)N([C@H](C(=O)[O-])c3ccccc3)C2=O)c1. The Bertz CT molecular complexity index is 958. The van der Waals surface area contributed by atoms with Gasteiger partial charge in [0.1, 0.15) is 21.9 Å². The summed E-state index contributed by atoms with van der Waals surface area (Å²) >= 11 is 6.33. The van der Waals surface area contributed by atoms with Crippen LogP contribution in [0, 0.1) is 0 Å². The Morgan fingerprint density at radius 2 is 1.89 bits per heavy atom. The van der Waals surface area contributed by atoms with Crippen LogP contribution in [0.15, 0.2) is 53.4 Å². The van der Waals surface area contributed by atoms with Gasteiger partial charge in [0.2, 0.25) is 0 Å². The van der Waals surface area contributed by atoms with Crippen molar-refractivity contribution in [3.63, 3.8) is 0 Å². The summed E-state index contributed by atoms with van der Waals surface area (Å²) in [5, 5.41) is 11.8. The number of rotatable bonds is 6. The Kier molecular flexibility index (Phi) is 6.01. The van der Waals surface area contributed by atoms with Gasteiger partial charge in [-0.25, -0.2) is 0 Å². The number of carbonyl (C=O) groups is 2. The van der Waals surface area contributed by atoms with Crippen molar-refractivity contribution >= 4 is 46.3 Å². The molecule has 2 aromatic rings. The van der Waals surface area contributed by atoms with Crippen LogP contribution in [0.2, 0.25) is 0 Å². The molecular formula is C20H16NO5S2-. The quantitative estimate of drug-likeness (QED) is 0.530. The molecule has 1 fully saturated rings. The number of benzene rings is 2.